The number of carbonyl (C=O) groups is 2. The summed E-state index contributed by atoms with van der Waals surface area (Å²) in [4.78, 5) is 26.6. The van der Waals surface area contributed by atoms with Crippen LogP contribution in [0.3, 0.4) is 0 Å². The molecule has 1 heterocycles. The highest BCUT2D eigenvalue weighted by atomic mass is 35.5. The van der Waals surface area contributed by atoms with E-state index in [1.54, 1.807) is 62.4 Å². The van der Waals surface area contributed by atoms with Crippen LogP contribution in [0.4, 0.5) is 5.69 Å². The number of anilines is 1. The molecule has 0 bridgehead atoms. The van der Waals surface area contributed by atoms with Crippen molar-refractivity contribution < 1.29 is 9.59 Å². The lowest BCUT2D eigenvalue weighted by Gasteiger charge is -2.13. The Balaban J connectivity index is 1.96. The second-order valence-corrected chi connectivity index (χ2v) is 7.21. The summed E-state index contributed by atoms with van der Waals surface area (Å²) < 4.78 is 1.54. The normalized spacial score (nSPS) is 10.6. The number of hydrogen-bond acceptors (Lipinski definition) is 3. The molecule has 3 rings (SSSR count). The van der Waals surface area contributed by atoms with Crippen molar-refractivity contribution in [3.05, 3.63) is 69.8 Å². The van der Waals surface area contributed by atoms with Crippen molar-refractivity contribution in [2.75, 3.05) is 19.4 Å². The van der Waals surface area contributed by atoms with Crippen LogP contribution in [0.1, 0.15) is 20.7 Å². The minimum atomic E-state index is -0.403. The Morgan fingerprint density at radius 1 is 1.07 bits per heavy atom. The number of nitrogens with one attached hydrogen (secondary N) is 1. The van der Waals surface area contributed by atoms with E-state index in [2.05, 4.69) is 10.4 Å². The SMILES string of the molecule is CN(C)C(=O)c1ccc(Cl)c(NC(=O)c2cn(C)nc2-c2ccccc2Cl)c1. The molecule has 0 aliphatic carbocycles. The van der Waals surface area contributed by atoms with Gasteiger partial charge in [-0.15, -0.1) is 0 Å². The van der Waals surface area contributed by atoms with Crippen LogP contribution < -0.4 is 5.32 Å². The van der Waals surface area contributed by atoms with Gasteiger partial charge in [-0.2, -0.15) is 5.10 Å². The molecule has 0 aliphatic heterocycles. The van der Waals surface area contributed by atoms with Crippen molar-refractivity contribution in [2.45, 2.75) is 0 Å². The third kappa shape index (κ3) is 4.03. The van der Waals surface area contributed by atoms with Gasteiger partial charge in [0, 0.05) is 38.5 Å². The van der Waals surface area contributed by atoms with Gasteiger partial charge in [-0.3, -0.25) is 14.3 Å². The van der Waals surface area contributed by atoms with Crippen molar-refractivity contribution >= 4 is 40.7 Å². The smallest absolute Gasteiger partial charge is 0.259 e. The average Bonchev–Trinajstić information content (AvgIpc) is 3.05. The fourth-order valence-electron chi connectivity index (χ4n) is 2.71. The number of hydrogen-bond donors (Lipinski definition) is 1. The molecule has 0 fully saturated rings. The minimum absolute atomic E-state index is 0.190. The van der Waals surface area contributed by atoms with E-state index in [-0.39, 0.29) is 5.91 Å². The van der Waals surface area contributed by atoms with E-state index in [1.165, 1.54) is 4.90 Å². The second-order valence-electron chi connectivity index (χ2n) is 6.39. The van der Waals surface area contributed by atoms with Crippen LogP contribution in [0, 0.1) is 0 Å². The fraction of sp³-hybridized carbons (Fsp3) is 0.150. The first-order chi connectivity index (χ1) is 13.3. The van der Waals surface area contributed by atoms with E-state index in [4.69, 9.17) is 23.2 Å². The lowest BCUT2D eigenvalue weighted by molar-refractivity contribution is 0.0827. The highest BCUT2D eigenvalue weighted by Gasteiger charge is 2.20. The van der Waals surface area contributed by atoms with Crippen LogP contribution >= 0.6 is 23.2 Å². The molecule has 0 saturated carbocycles. The third-order valence-electron chi connectivity index (χ3n) is 4.07. The quantitative estimate of drug-likeness (QED) is 0.687. The molecule has 28 heavy (non-hydrogen) atoms. The molecule has 2 amide bonds. The molecule has 6 nitrogen and oxygen atoms in total. The second kappa shape index (κ2) is 8.04. The van der Waals surface area contributed by atoms with Gasteiger partial charge in [-0.25, -0.2) is 0 Å². The topological polar surface area (TPSA) is 67.2 Å². The van der Waals surface area contributed by atoms with Crippen molar-refractivity contribution in [1.29, 1.82) is 0 Å². The molecule has 144 valence electrons. The number of aromatic nitrogens is 2. The van der Waals surface area contributed by atoms with Crippen LogP contribution in [0.25, 0.3) is 11.3 Å². The first-order valence-corrected chi connectivity index (χ1v) is 9.14. The summed E-state index contributed by atoms with van der Waals surface area (Å²) in [6.07, 6.45) is 1.61. The zero-order valence-corrected chi connectivity index (χ0v) is 17.0. The molecule has 1 N–H and O–H groups in total. The lowest BCUT2D eigenvalue weighted by atomic mass is 10.1. The monoisotopic (exact) mass is 416 g/mol. The number of rotatable bonds is 4. The number of halogens is 2. The maximum Gasteiger partial charge on any atom is 0.259 e. The van der Waals surface area contributed by atoms with E-state index in [9.17, 15) is 9.59 Å². The number of aryl methyl sites for hydroxylation is 1. The highest BCUT2D eigenvalue weighted by molar-refractivity contribution is 6.34. The summed E-state index contributed by atoms with van der Waals surface area (Å²) in [5.41, 5.74) is 2.21. The van der Waals surface area contributed by atoms with Crippen LogP contribution in [0.15, 0.2) is 48.7 Å². The van der Waals surface area contributed by atoms with E-state index < -0.39 is 5.91 Å². The average molecular weight is 417 g/mol. The maximum atomic E-state index is 12.9. The van der Waals surface area contributed by atoms with Crippen molar-refractivity contribution in [3.63, 3.8) is 0 Å². The van der Waals surface area contributed by atoms with E-state index in [1.807, 2.05) is 12.1 Å². The molecule has 2 aromatic carbocycles. The van der Waals surface area contributed by atoms with Gasteiger partial charge in [0.1, 0.15) is 5.69 Å². The van der Waals surface area contributed by atoms with Gasteiger partial charge in [0.15, 0.2) is 0 Å². The summed E-state index contributed by atoms with van der Waals surface area (Å²) in [6.45, 7) is 0. The largest absolute Gasteiger partial charge is 0.345 e. The molecule has 8 heteroatoms. The third-order valence-corrected chi connectivity index (χ3v) is 4.73. The summed E-state index contributed by atoms with van der Waals surface area (Å²) in [5.74, 6) is -0.593. The Morgan fingerprint density at radius 2 is 1.79 bits per heavy atom. The van der Waals surface area contributed by atoms with E-state index in [0.717, 1.165) is 0 Å². The Morgan fingerprint density at radius 3 is 2.46 bits per heavy atom. The van der Waals surface area contributed by atoms with E-state index in [0.29, 0.717) is 38.1 Å². The van der Waals surface area contributed by atoms with Gasteiger partial charge in [0.05, 0.1) is 21.3 Å². The molecule has 0 aliphatic rings. The highest BCUT2D eigenvalue weighted by Crippen LogP contribution is 2.30. The zero-order chi connectivity index (χ0) is 20.4. The number of carbonyl (C=O) groups excluding carboxylic acids is 2. The molecular weight excluding hydrogens is 399 g/mol. The predicted octanol–water partition coefficient (Wildman–Crippen LogP) is 4.35. The molecule has 0 unspecified atom stereocenters. The molecule has 0 saturated heterocycles. The summed E-state index contributed by atoms with van der Waals surface area (Å²) in [5, 5.41) is 7.96. The van der Waals surface area contributed by atoms with Crippen molar-refractivity contribution in [2.24, 2.45) is 7.05 Å². The van der Waals surface area contributed by atoms with Crippen LogP contribution in [0.5, 0.6) is 0 Å². The predicted molar refractivity (Wildman–Crippen MR) is 111 cm³/mol. The Bertz CT molecular complexity index is 1060. The van der Waals surface area contributed by atoms with Crippen LogP contribution in [-0.4, -0.2) is 40.6 Å². The van der Waals surface area contributed by atoms with Crippen molar-refractivity contribution in [1.82, 2.24) is 14.7 Å². The number of amides is 2. The number of benzene rings is 2. The molecule has 0 radical (unpaired) electrons. The Labute approximate surface area is 172 Å². The molecular formula is C20H18Cl2N4O2. The first kappa shape index (κ1) is 19.9. The van der Waals surface area contributed by atoms with Crippen molar-refractivity contribution in [3.8, 4) is 11.3 Å². The maximum absolute atomic E-state index is 12.9. The first-order valence-electron chi connectivity index (χ1n) is 8.39. The Hall–Kier alpha value is -2.83. The minimum Gasteiger partial charge on any atom is -0.345 e. The summed E-state index contributed by atoms with van der Waals surface area (Å²) >= 11 is 12.5. The standard InChI is InChI=1S/C20H18Cl2N4O2/c1-25(2)20(28)12-8-9-16(22)17(10-12)23-19(27)14-11-26(3)24-18(14)13-6-4-5-7-15(13)21/h4-11H,1-3H3,(H,23,27). The van der Waals surface area contributed by atoms with Gasteiger partial charge in [0.25, 0.3) is 11.8 Å². The molecule has 3 aromatic rings. The van der Waals surface area contributed by atoms with Gasteiger partial charge in [-0.05, 0) is 24.3 Å². The number of nitrogens with zero attached hydrogens (tertiary/aromatic N) is 3. The molecule has 0 spiro atoms. The van der Waals surface area contributed by atoms with Gasteiger partial charge >= 0.3 is 0 Å². The zero-order valence-electron chi connectivity index (χ0n) is 15.5. The summed E-state index contributed by atoms with van der Waals surface area (Å²) in [6, 6.07) is 11.9. The van der Waals surface area contributed by atoms with Gasteiger partial charge in [-0.1, -0.05) is 41.4 Å². The molecule has 0 atom stereocenters. The van der Waals surface area contributed by atoms with Gasteiger partial charge < -0.3 is 10.2 Å². The summed E-state index contributed by atoms with van der Waals surface area (Å²) in [7, 11) is 5.03. The molecule has 1 aromatic heterocycles. The van der Waals surface area contributed by atoms with Gasteiger partial charge in [0.2, 0.25) is 0 Å². The van der Waals surface area contributed by atoms with Crippen LogP contribution in [0.2, 0.25) is 10.0 Å². The Kier molecular flexibility index (Phi) is 5.72. The van der Waals surface area contributed by atoms with Crippen LogP contribution in [-0.2, 0) is 7.05 Å². The lowest BCUT2D eigenvalue weighted by Crippen LogP contribution is -2.22. The fourth-order valence-corrected chi connectivity index (χ4v) is 3.10. The van der Waals surface area contributed by atoms with E-state index >= 15 is 0 Å².